The first kappa shape index (κ1) is 28.5. The number of benzene rings is 1. The van der Waals surface area contributed by atoms with Crippen LogP contribution in [0.2, 0.25) is 0 Å². The molecule has 0 spiro atoms. The Morgan fingerprint density at radius 1 is 1.12 bits per heavy atom. The van der Waals surface area contributed by atoms with Crippen LogP contribution >= 0.6 is 0 Å². The highest BCUT2D eigenvalue weighted by Gasteiger charge is 2.44. The van der Waals surface area contributed by atoms with E-state index in [9.17, 15) is 23.9 Å². The highest BCUT2D eigenvalue weighted by molar-refractivity contribution is 5.83. The molecule has 0 saturated carbocycles. The van der Waals surface area contributed by atoms with Gasteiger partial charge < -0.3 is 24.0 Å². The smallest absolute Gasteiger partial charge is 0.407 e. The van der Waals surface area contributed by atoms with Gasteiger partial charge in [-0.2, -0.15) is 0 Å². The largest absolute Gasteiger partial charge is 0.486 e. The molecule has 5 rings (SSSR count). The molecule has 2 aliphatic heterocycles. The van der Waals surface area contributed by atoms with E-state index >= 15 is 0 Å². The standard InChI is InChI=1S/C29H34FN5O6/c1-29(2,3)27(35(28(38)39)16-19-13-24-25(14-31-19)41-11-10-40-24)20-17-33(7-6-23(20)36)8-9-34-22-12-18(30)4-5-21(22)32-15-26(34)37/h4-5,12-15,20,27H,6-11,16-17H2,1-3H3,(H,38,39). The van der Waals surface area contributed by atoms with Crippen molar-refractivity contribution in [3.8, 4) is 11.5 Å². The van der Waals surface area contributed by atoms with Crippen LogP contribution in [0.5, 0.6) is 11.5 Å². The number of hydrogen-bond acceptors (Lipinski definition) is 8. The number of carbonyl (C=O) groups is 2. The van der Waals surface area contributed by atoms with Crippen molar-refractivity contribution < 1.29 is 28.6 Å². The minimum Gasteiger partial charge on any atom is -0.486 e. The van der Waals surface area contributed by atoms with E-state index in [1.165, 1.54) is 40.1 Å². The van der Waals surface area contributed by atoms with Crippen molar-refractivity contribution in [1.82, 2.24) is 24.3 Å². The van der Waals surface area contributed by atoms with Crippen LogP contribution in [0, 0.1) is 17.2 Å². The Bertz CT molecular complexity index is 1520. The number of pyridine rings is 1. The van der Waals surface area contributed by atoms with Gasteiger partial charge in [-0.1, -0.05) is 20.8 Å². The summed E-state index contributed by atoms with van der Waals surface area (Å²) in [6.07, 6.45) is 1.85. The van der Waals surface area contributed by atoms with Gasteiger partial charge in [-0.3, -0.25) is 19.5 Å². The molecule has 11 nitrogen and oxygen atoms in total. The van der Waals surface area contributed by atoms with Gasteiger partial charge in [0.2, 0.25) is 0 Å². The van der Waals surface area contributed by atoms with E-state index in [0.717, 1.165) is 0 Å². The molecule has 0 bridgehead atoms. The van der Waals surface area contributed by atoms with Gasteiger partial charge >= 0.3 is 6.09 Å². The summed E-state index contributed by atoms with van der Waals surface area (Å²) in [7, 11) is 0. The van der Waals surface area contributed by atoms with Crippen LogP contribution in [0.3, 0.4) is 0 Å². The number of amides is 1. The molecule has 4 heterocycles. The number of Topliss-reactive ketones (excluding diaryl/α,β-unsaturated/α-hetero) is 1. The van der Waals surface area contributed by atoms with Crippen molar-refractivity contribution >= 4 is 22.9 Å². The van der Waals surface area contributed by atoms with E-state index in [1.807, 2.05) is 20.8 Å². The van der Waals surface area contributed by atoms with E-state index in [2.05, 4.69) is 14.9 Å². The number of fused-ring (bicyclic) bond motifs is 2. The SMILES string of the molecule is CC(C)(C)C(C1CN(CCn2c(=O)cnc3ccc(F)cc32)CCC1=O)N(Cc1cc2c(cn1)OCCO2)C(=O)O. The molecule has 2 aromatic heterocycles. The minimum atomic E-state index is -1.15. The molecule has 1 saturated heterocycles. The minimum absolute atomic E-state index is 0.00356. The quantitative estimate of drug-likeness (QED) is 0.458. The highest BCUT2D eigenvalue weighted by Crippen LogP contribution is 2.36. The molecule has 41 heavy (non-hydrogen) atoms. The Hall–Kier alpha value is -4.06. The summed E-state index contributed by atoms with van der Waals surface area (Å²) < 4.78 is 26.6. The molecule has 1 aromatic carbocycles. The van der Waals surface area contributed by atoms with E-state index in [-0.39, 0.29) is 30.9 Å². The lowest BCUT2D eigenvalue weighted by molar-refractivity contribution is -0.131. The first-order valence-electron chi connectivity index (χ1n) is 13.7. The first-order valence-corrected chi connectivity index (χ1v) is 13.7. The molecule has 1 amide bonds. The third-order valence-corrected chi connectivity index (χ3v) is 7.66. The van der Waals surface area contributed by atoms with Gasteiger partial charge in [-0.25, -0.2) is 14.2 Å². The molecular weight excluding hydrogens is 533 g/mol. The predicted molar refractivity (Wildman–Crippen MR) is 148 cm³/mol. The number of carbonyl (C=O) groups excluding carboxylic acids is 1. The molecule has 1 fully saturated rings. The van der Waals surface area contributed by atoms with Crippen LogP contribution in [0.15, 0.2) is 41.5 Å². The Morgan fingerprint density at radius 3 is 2.61 bits per heavy atom. The van der Waals surface area contributed by atoms with Crippen molar-refractivity contribution in [2.75, 3.05) is 32.8 Å². The molecule has 2 atom stereocenters. The maximum atomic E-state index is 14.0. The van der Waals surface area contributed by atoms with Crippen LogP contribution in [-0.4, -0.2) is 80.2 Å². The molecule has 218 valence electrons. The number of halogens is 1. The van der Waals surface area contributed by atoms with Crippen molar-refractivity contribution in [1.29, 1.82) is 0 Å². The molecular formula is C29H34FN5O6. The Morgan fingerprint density at radius 2 is 1.88 bits per heavy atom. The van der Waals surface area contributed by atoms with Crippen LogP contribution in [0.1, 0.15) is 32.9 Å². The van der Waals surface area contributed by atoms with Gasteiger partial charge in [0.25, 0.3) is 5.56 Å². The molecule has 1 N–H and O–H groups in total. The fourth-order valence-corrected chi connectivity index (χ4v) is 5.83. The third-order valence-electron chi connectivity index (χ3n) is 7.66. The van der Waals surface area contributed by atoms with Crippen LogP contribution < -0.4 is 15.0 Å². The average molecular weight is 568 g/mol. The molecule has 12 heteroatoms. The third kappa shape index (κ3) is 6.17. The zero-order chi connectivity index (χ0) is 29.3. The second kappa shape index (κ2) is 11.4. The summed E-state index contributed by atoms with van der Waals surface area (Å²) in [5.41, 5.74) is 0.478. The maximum absolute atomic E-state index is 14.0. The Kier molecular flexibility index (Phi) is 7.94. The Balaban J connectivity index is 1.38. The molecule has 2 aliphatic rings. The summed E-state index contributed by atoms with van der Waals surface area (Å²) >= 11 is 0. The summed E-state index contributed by atoms with van der Waals surface area (Å²) in [6, 6.07) is 5.15. The summed E-state index contributed by atoms with van der Waals surface area (Å²) in [5.74, 6) is -0.0399. The highest BCUT2D eigenvalue weighted by atomic mass is 19.1. The van der Waals surface area contributed by atoms with Crippen molar-refractivity contribution in [3.63, 3.8) is 0 Å². The zero-order valence-corrected chi connectivity index (χ0v) is 23.4. The fraction of sp³-hybridized carbons (Fsp3) is 0.483. The van der Waals surface area contributed by atoms with E-state index in [1.54, 1.807) is 6.07 Å². The maximum Gasteiger partial charge on any atom is 0.407 e. The molecule has 0 aliphatic carbocycles. The van der Waals surface area contributed by atoms with Crippen LogP contribution in [0.25, 0.3) is 11.0 Å². The molecule has 3 aromatic rings. The summed E-state index contributed by atoms with van der Waals surface area (Å²) in [5, 5.41) is 10.3. The summed E-state index contributed by atoms with van der Waals surface area (Å²) in [4.78, 5) is 50.5. The van der Waals surface area contributed by atoms with Crippen LogP contribution in [0.4, 0.5) is 9.18 Å². The fourth-order valence-electron chi connectivity index (χ4n) is 5.83. The van der Waals surface area contributed by atoms with Crippen LogP contribution in [-0.2, 0) is 17.9 Å². The topological polar surface area (TPSA) is 127 Å². The number of rotatable bonds is 7. The number of carboxylic acid groups (broad SMARTS) is 1. The number of nitrogens with zero attached hydrogens (tertiary/aromatic N) is 5. The lowest BCUT2D eigenvalue weighted by atomic mass is 9.74. The lowest BCUT2D eigenvalue weighted by Crippen LogP contribution is -2.57. The normalized spacial score (nSPS) is 18.3. The predicted octanol–water partition coefficient (Wildman–Crippen LogP) is 3.19. The number of ether oxygens (including phenoxy) is 2. The van der Waals surface area contributed by atoms with Gasteiger partial charge in [-0.05, 0) is 23.6 Å². The number of hydrogen-bond donors (Lipinski definition) is 1. The number of piperidine rings is 1. The van der Waals surface area contributed by atoms with Gasteiger partial charge in [0.1, 0.15) is 24.8 Å². The second-order valence-electron chi connectivity index (χ2n) is 11.5. The van der Waals surface area contributed by atoms with E-state index < -0.39 is 29.3 Å². The van der Waals surface area contributed by atoms with Gasteiger partial charge in [0, 0.05) is 38.7 Å². The van der Waals surface area contributed by atoms with Crippen molar-refractivity contribution in [3.05, 3.63) is 58.5 Å². The number of aromatic nitrogens is 3. The molecule has 2 unspecified atom stereocenters. The average Bonchev–Trinajstić information content (AvgIpc) is 2.92. The molecule has 0 radical (unpaired) electrons. The van der Waals surface area contributed by atoms with E-state index in [0.29, 0.717) is 61.1 Å². The zero-order valence-electron chi connectivity index (χ0n) is 23.4. The summed E-state index contributed by atoms with van der Waals surface area (Å²) in [6.45, 7) is 8.06. The van der Waals surface area contributed by atoms with E-state index in [4.69, 9.17) is 9.47 Å². The Labute approximate surface area is 236 Å². The van der Waals surface area contributed by atoms with Crippen molar-refractivity contribution in [2.45, 2.75) is 46.3 Å². The lowest BCUT2D eigenvalue weighted by Gasteiger charge is -2.46. The monoisotopic (exact) mass is 567 g/mol. The first-order chi connectivity index (χ1) is 19.5. The number of ketones is 1. The second-order valence-corrected chi connectivity index (χ2v) is 11.5. The van der Waals surface area contributed by atoms with Gasteiger partial charge in [0.05, 0.1) is 47.6 Å². The van der Waals surface area contributed by atoms with Gasteiger partial charge in [0.15, 0.2) is 11.5 Å². The number of likely N-dealkylation sites (tertiary alicyclic amines) is 1. The van der Waals surface area contributed by atoms with Gasteiger partial charge in [-0.15, -0.1) is 0 Å². The van der Waals surface area contributed by atoms with Crippen molar-refractivity contribution in [2.24, 2.45) is 11.3 Å².